The van der Waals surface area contributed by atoms with Crippen LogP contribution in [0.2, 0.25) is 0 Å². The van der Waals surface area contributed by atoms with Gasteiger partial charge in [0.05, 0.1) is 36.0 Å². The van der Waals surface area contributed by atoms with Crippen molar-refractivity contribution < 1.29 is 23.1 Å². The molecule has 9 nitrogen and oxygen atoms in total. The average Bonchev–Trinajstić information content (AvgIpc) is 3.05. The summed E-state index contributed by atoms with van der Waals surface area (Å²) in [4.78, 5) is 20.1. The summed E-state index contributed by atoms with van der Waals surface area (Å²) >= 11 is 0. The van der Waals surface area contributed by atoms with E-state index in [2.05, 4.69) is 20.0 Å². The number of methoxy groups -OCH3 is 1. The van der Waals surface area contributed by atoms with Gasteiger partial charge in [-0.05, 0) is 37.3 Å². The van der Waals surface area contributed by atoms with Crippen LogP contribution in [0.5, 0.6) is 11.5 Å². The molecule has 0 fully saturated rings. The largest absolute Gasteiger partial charge is 0.507 e. The van der Waals surface area contributed by atoms with E-state index in [0.29, 0.717) is 11.6 Å². The summed E-state index contributed by atoms with van der Waals surface area (Å²) in [7, 11) is -1.94. The van der Waals surface area contributed by atoms with Gasteiger partial charge in [-0.2, -0.15) is 0 Å². The highest BCUT2D eigenvalue weighted by molar-refractivity contribution is 7.92. The molecule has 0 unspecified atom stereocenters. The molecule has 4 N–H and O–H groups in total. The number of H-pyrrole nitrogens is 1. The number of nitrogens with zero attached hydrogens (tertiary/aromatic N) is 1. The third-order valence-corrected chi connectivity index (χ3v) is 4.62. The number of amides is 1. The van der Waals surface area contributed by atoms with Crippen LogP contribution in [0.1, 0.15) is 29.1 Å². The van der Waals surface area contributed by atoms with Crippen molar-refractivity contribution in [2.24, 2.45) is 0 Å². The van der Waals surface area contributed by atoms with Gasteiger partial charge >= 0.3 is 0 Å². The minimum Gasteiger partial charge on any atom is -0.507 e. The fraction of sp³-hybridized carbons (Fsp3) is 0.222. The van der Waals surface area contributed by atoms with Crippen molar-refractivity contribution in [2.45, 2.75) is 13.0 Å². The molecule has 1 amide bonds. The lowest BCUT2D eigenvalue weighted by atomic mass is 10.1. The van der Waals surface area contributed by atoms with Gasteiger partial charge in [-0.15, -0.1) is 0 Å². The molecule has 2 aromatic carbocycles. The number of benzene rings is 2. The van der Waals surface area contributed by atoms with E-state index in [0.717, 1.165) is 17.3 Å². The zero-order valence-corrected chi connectivity index (χ0v) is 16.3. The molecule has 0 spiro atoms. The molecule has 1 atom stereocenters. The number of phenols is 1. The minimum atomic E-state index is -3.51. The van der Waals surface area contributed by atoms with Crippen molar-refractivity contribution in [1.29, 1.82) is 0 Å². The second-order valence-electron chi connectivity index (χ2n) is 6.31. The first-order valence-corrected chi connectivity index (χ1v) is 10.2. The number of carbonyl (C=O) groups excluding carboxylic acids is 1. The number of sulfonamides is 1. The number of aromatic nitrogens is 2. The second-order valence-corrected chi connectivity index (χ2v) is 8.05. The number of nitrogens with one attached hydrogen (secondary N) is 3. The molecule has 1 aromatic heterocycles. The number of hydrogen-bond donors (Lipinski definition) is 4. The van der Waals surface area contributed by atoms with Crippen molar-refractivity contribution in [3.8, 4) is 11.5 Å². The number of aromatic hydroxyl groups is 1. The van der Waals surface area contributed by atoms with Crippen LogP contribution in [0.3, 0.4) is 0 Å². The van der Waals surface area contributed by atoms with Gasteiger partial charge in [-0.1, -0.05) is 0 Å². The Morgan fingerprint density at radius 3 is 2.68 bits per heavy atom. The molecule has 28 heavy (non-hydrogen) atoms. The molecular weight excluding hydrogens is 384 g/mol. The maximum absolute atomic E-state index is 12.6. The molecule has 0 saturated carbocycles. The van der Waals surface area contributed by atoms with E-state index in [1.165, 1.54) is 18.2 Å². The van der Waals surface area contributed by atoms with Gasteiger partial charge in [0, 0.05) is 11.8 Å². The van der Waals surface area contributed by atoms with Crippen LogP contribution in [0.4, 0.5) is 5.69 Å². The molecule has 0 saturated heterocycles. The first kappa shape index (κ1) is 19.5. The highest BCUT2D eigenvalue weighted by atomic mass is 32.2. The third kappa shape index (κ3) is 4.34. The summed E-state index contributed by atoms with van der Waals surface area (Å²) in [5, 5.41) is 12.7. The van der Waals surface area contributed by atoms with Crippen molar-refractivity contribution in [3.63, 3.8) is 0 Å². The quantitative estimate of drug-likeness (QED) is 0.465. The molecule has 1 heterocycles. The lowest BCUT2D eigenvalue weighted by Gasteiger charge is -2.13. The van der Waals surface area contributed by atoms with Crippen LogP contribution in [0.25, 0.3) is 11.0 Å². The number of fused-ring (bicyclic) bond motifs is 1. The van der Waals surface area contributed by atoms with E-state index < -0.39 is 22.0 Å². The molecule has 0 aliphatic rings. The third-order valence-electron chi connectivity index (χ3n) is 4.01. The Bertz CT molecular complexity index is 1140. The van der Waals surface area contributed by atoms with Crippen molar-refractivity contribution in [1.82, 2.24) is 15.3 Å². The smallest absolute Gasteiger partial charge is 0.255 e. The molecule has 0 radical (unpaired) electrons. The SMILES string of the molecule is COc1ccc2nc([C@@H](C)NC(=O)c3cc(NS(C)(=O)=O)ccc3O)[nH]c2c1. The number of anilines is 1. The highest BCUT2D eigenvalue weighted by Gasteiger charge is 2.18. The fourth-order valence-corrected chi connectivity index (χ4v) is 3.23. The van der Waals surface area contributed by atoms with Crippen LogP contribution in [0, 0.1) is 0 Å². The van der Waals surface area contributed by atoms with E-state index in [1.807, 2.05) is 0 Å². The summed E-state index contributed by atoms with van der Waals surface area (Å²) in [5.74, 6) is 0.374. The molecule has 0 aliphatic carbocycles. The predicted molar refractivity (Wildman–Crippen MR) is 105 cm³/mol. The number of hydrogen-bond acceptors (Lipinski definition) is 6. The van der Waals surface area contributed by atoms with E-state index in [-0.39, 0.29) is 17.0 Å². The van der Waals surface area contributed by atoms with E-state index in [4.69, 9.17) is 4.74 Å². The van der Waals surface area contributed by atoms with E-state index in [1.54, 1.807) is 32.2 Å². The van der Waals surface area contributed by atoms with Gasteiger partial charge in [-0.3, -0.25) is 9.52 Å². The normalized spacial score (nSPS) is 12.5. The molecule has 0 bridgehead atoms. The lowest BCUT2D eigenvalue weighted by molar-refractivity contribution is 0.0936. The number of phenolic OH excluding ortho intramolecular Hbond substituents is 1. The zero-order valence-electron chi connectivity index (χ0n) is 15.5. The molecule has 3 rings (SSSR count). The predicted octanol–water partition coefficient (Wildman–Crippen LogP) is 2.14. The van der Waals surface area contributed by atoms with Crippen LogP contribution in [0.15, 0.2) is 36.4 Å². The van der Waals surface area contributed by atoms with E-state index >= 15 is 0 Å². The number of imidazole rings is 1. The average molecular weight is 404 g/mol. The monoisotopic (exact) mass is 404 g/mol. The van der Waals surface area contributed by atoms with Crippen LogP contribution in [-0.4, -0.2) is 42.8 Å². The standard InChI is InChI=1S/C18H20N4O5S/c1-10(17-20-14-6-5-12(27-2)9-15(14)21-17)19-18(24)13-8-11(4-7-16(13)23)22-28(3,25)26/h4-10,22-23H,1-3H3,(H,19,24)(H,20,21)/t10-/m1/s1. The van der Waals surface area contributed by atoms with Gasteiger partial charge in [0.25, 0.3) is 5.91 Å². The van der Waals surface area contributed by atoms with Crippen LogP contribution >= 0.6 is 0 Å². The summed E-state index contributed by atoms with van der Waals surface area (Å²) in [6.45, 7) is 1.74. The van der Waals surface area contributed by atoms with Crippen LogP contribution in [-0.2, 0) is 10.0 Å². The number of carbonyl (C=O) groups is 1. The second kappa shape index (κ2) is 7.39. The molecule has 3 aromatic rings. The number of aromatic amines is 1. The molecule has 148 valence electrons. The molecule has 0 aliphatic heterocycles. The summed E-state index contributed by atoms with van der Waals surface area (Å²) in [6, 6.07) is 8.78. The van der Waals surface area contributed by atoms with Crippen molar-refractivity contribution >= 4 is 32.7 Å². The maximum atomic E-state index is 12.6. The summed E-state index contributed by atoms with van der Waals surface area (Å²) < 4.78 is 30.2. The minimum absolute atomic E-state index is 0.0571. The highest BCUT2D eigenvalue weighted by Crippen LogP contribution is 2.24. The number of ether oxygens (including phenoxy) is 1. The summed E-state index contributed by atoms with van der Waals surface area (Å²) in [5.41, 5.74) is 1.60. The van der Waals surface area contributed by atoms with Crippen LogP contribution < -0.4 is 14.8 Å². The maximum Gasteiger partial charge on any atom is 0.255 e. The molecule has 10 heteroatoms. The number of rotatable bonds is 6. The zero-order chi connectivity index (χ0) is 20.5. The molecular formula is C18H20N4O5S. The Labute approximate surface area is 161 Å². The van der Waals surface area contributed by atoms with Gasteiger partial charge < -0.3 is 20.1 Å². The Kier molecular flexibility index (Phi) is 5.14. The Balaban J connectivity index is 1.81. The first-order chi connectivity index (χ1) is 13.2. The van der Waals surface area contributed by atoms with Gasteiger partial charge in [0.15, 0.2) is 0 Å². The lowest BCUT2D eigenvalue weighted by Crippen LogP contribution is -2.27. The fourth-order valence-electron chi connectivity index (χ4n) is 2.68. The van der Waals surface area contributed by atoms with Crippen molar-refractivity contribution in [2.75, 3.05) is 18.1 Å². The first-order valence-electron chi connectivity index (χ1n) is 8.31. The Morgan fingerprint density at radius 2 is 2.00 bits per heavy atom. The van der Waals surface area contributed by atoms with Gasteiger partial charge in [0.1, 0.15) is 17.3 Å². The Morgan fingerprint density at radius 1 is 1.25 bits per heavy atom. The Hall–Kier alpha value is -3.27. The topological polar surface area (TPSA) is 133 Å². The van der Waals surface area contributed by atoms with Gasteiger partial charge in [-0.25, -0.2) is 13.4 Å². The summed E-state index contributed by atoms with van der Waals surface area (Å²) in [6.07, 6.45) is 0.998. The van der Waals surface area contributed by atoms with Gasteiger partial charge in [0.2, 0.25) is 10.0 Å². The van der Waals surface area contributed by atoms with Crippen molar-refractivity contribution in [3.05, 3.63) is 47.8 Å². The van der Waals surface area contributed by atoms with E-state index in [9.17, 15) is 18.3 Å².